The van der Waals surface area contributed by atoms with Crippen molar-refractivity contribution in [2.75, 3.05) is 45.2 Å². The maximum absolute atomic E-state index is 11.7. The Kier molecular flexibility index (Phi) is 6.32. The van der Waals surface area contributed by atoms with Gasteiger partial charge in [0.1, 0.15) is 12.0 Å². The van der Waals surface area contributed by atoms with Crippen LogP contribution in [0.5, 0.6) is 5.75 Å². The molecule has 1 aromatic carbocycles. The SMILES string of the molecule is C=CC(=O)N1CC2CN(C(O)CNc3cc(I)c(Cl)cc3OC)CC2C1. The molecule has 2 N–H and O–H groups in total. The smallest absolute Gasteiger partial charge is 0.245 e. The normalized spacial score (nSPS) is 23.6. The molecule has 0 aliphatic carbocycles. The maximum Gasteiger partial charge on any atom is 0.245 e. The van der Waals surface area contributed by atoms with Gasteiger partial charge in [0.15, 0.2) is 0 Å². The molecular weight excluding hydrogens is 469 g/mol. The minimum Gasteiger partial charge on any atom is -0.495 e. The third-order valence-corrected chi connectivity index (χ3v) is 6.66. The number of rotatable bonds is 6. The van der Waals surface area contributed by atoms with E-state index < -0.39 is 6.23 Å². The van der Waals surface area contributed by atoms with E-state index in [1.807, 2.05) is 11.0 Å². The summed E-state index contributed by atoms with van der Waals surface area (Å²) < 4.78 is 6.27. The zero-order valence-electron chi connectivity index (χ0n) is 14.6. The molecule has 2 saturated heterocycles. The molecule has 3 atom stereocenters. The standard InChI is InChI=1S/C18H23ClIN3O3/c1-3-17(24)22-7-11-9-23(10-12(11)8-22)18(25)6-21-15-5-14(20)13(19)4-16(15)26-2/h3-5,11-12,18,21,25H,1,6-10H2,2H3. The van der Waals surface area contributed by atoms with Crippen LogP contribution in [0.2, 0.25) is 5.02 Å². The number of carbonyl (C=O) groups is 1. The van der Waals surface area contributed by atoms with E-state index in [1.165, 1.54) is 6.08 Å². The van der Waals surface area contributed by atoms with Crippen molar-refractivity contribution in [3.8, 4) is 5.75 Å². The number of methoxy groups -OCH3 is 1. The van der Waals surface area contributed by atoms with Crippen LogP contribution < -0.4 is 10.1 Å². The van der Waals surface area contributed by atoms with Gasteiger partial charge in [-0.05, 0) is 46.6 Å². The minimum atomic E-state index is -0.595. The first-order valence-electron chi connectivity index (χ1n) is 8.53. The van der Waals surface area contributed by atoms with Crippen LogP contribution >= 0.6 is 34.2 Å². The lowest BCUT2D eigenvalue weighted by molar-refractivity contribution is -0.125. The zero-order chi connectivity index (χ0) is 18.8. The second-order valence-corrected chi connectivity index (χ2v) is 8.32. The van der Waals surface area contributed by atoms with Gasteiger partial charge >= 0.3 is 0 Å². The third-order valence-electron chi connectivity index (χ3n) is 5.14. The first kappa shape index (κ1) is 19.7. The van der Waals surface area contributed by atoms with Crippen molar-refractivity contribution in [1.82, 2.24) is 9.80 Å². The highest BCUT2D eigenvalue weighted by molar-refractivity contribution is 14.1. The number of amides is 1. The Morgan fingerprint density at radius 3 is 2.69 bits per heavy atom. The first-order valence-corrected chi connectivity index (χ1v) is 9.99. The van der Waals surface area contributed by atoms with E-state index in [0.717, 1.165) is 35.4 Å². The summed E-state index contributed by atoms with van der Waals surface area (Å²) >= 11 is 8.29. The van der Waals surface area contributed by atoms with E-state index in [2.05, 4.69) is 39.4 Å². The molecule has 3 unspecified atom stereocenters. The molecule has 2 aliphatic rings. The van der Waals surface area contributed by atoms with Crippen molar-refractivity contribution in [3.05, 3.63) is 33.4 Å². The molecule has 142 valence electrons. The molecule has 0 saturated carbocycles. The van der Waals surface area contributed by atoms with Crippen LogP contribution in [0.1, 0.15) is 0 Å². The Hall–Kier alpha value is -1.03. The van der Waals surface area contributed by atoms with Crippen LogP contribution in [0.15, 0.2) is 24.8 Å². The number of carbonyl (C=O) groups excluding carboxylic acids is 1. The number of hydrogen-bond donors (Lipinski definition) is 2. The molecule has 2 fully saturated rings. The summed E-state index contributed by atoms with van der Waals surface area (Å²) in [7, 11) is 1.60. The van der Waals surface area contributed by atoms with Crippen LogP contribution in [-0.4, -0.2) is 66.9 Å². The van der Waals surface area contributed by atoms with E-state index in [-0.39, 0.29) is 5.91 Å². The highest BCUT2D eigenvalue weighted by Gasteiger charge is 2.42. The van der Waals surface area contributed by atoms with E-state index >= 15 is 0 Å². The average molecular weight is 492 g/mol. The highest BCUT2D eigenvalue weighted by atomic mass is 127. The monoisotopic (exact) mass is 491 g/mol. The summed E-state index contributed by atoms with van der Waals surface area (Å²) in [5, 5.41) is 14.5. The number of aliphatic hydroxyl groups is 1. The lowest BCUT2D eigenvalue weighted by atomic mass is 10.0. The van der Waals surface area contributed by atoms with Crippen LogP contribution in [0.3, 0.4) is 0 Å². The fourth-order valence-electron chi connectivity index (χ4n) is 3.75. The van der Waals surface area contributed by atoms with Crippen LogP contribution in [0, 0.1) is 15.4 Å². The average Bonchev–Trinajstić information content (AvgIpc) is 3.20. The molecule has 8 heteroatoms. The van der Waals surface area contributed by atoms with Crippen molar-refractivity contribution < 1.29 is 14.6 Å². The number of halogens is 2. The Bertz CT molecular complexity index is 689. The fraction of sp³-hybridized carbons (Fsp3) is 0.500. The molecule has 1 amide bonds. The van der Waals surface area contributed by atoms with Crippen molar-refractivity contribution in [1.29, 1.82) is 0 Å². The van der Waals surface area contributed by atoms with Gasteiger partial charge in [0.05, 0.1) is 24.4 Å². The number of anilines is 1. The molecule has 0 radical (unpaired) electrons. The summed E-state index contributed by atoms with van der Waals surface area (Å²) in [4.78, 5) is 15.7. The van der Waals surface area contributed by atoms with Crippen LogP contribution in [0.4, 0.5) is 5.69 Å². The fourth-order valence-corrected chi connectivity index (χ4v) is 4.37. The largest absolute Gasteiger partial charge is 0.495 e. The number of likely N-dealkylation sites (tertiary alicyclic amines) is 2. The molecule has 1 aromatic rings. The quantitative estimate of drug-likeness (QED) is 0.472. The summed E-state index contributed by atoms with van der Waals surface area (Å²) in [6, 6.07) is 3.68. The minimum absolute atomic E-state index is 0.00222. The van der Waals surface area contributed by atoms with Gasteiger partial charge in [-0.3, -0.25) is 9.69 Å². The Morgan fingerprint density at radius 2 is 2.12 bits per heavy atom. The number of nitrogens with zero attached hydrogens (tertiary/aromatic N) is 2. The van der Waals surface area contributed by atoms with Crippen molar-refractivity contribution >= 4 is 45.8 Å². The molecule has 26 heavy (non-hydrogen) atoms. The van der Waals surface area contributed by atoms with E-state index in [9.17, 15) is 9.90 Å². The molecule has 0 bridgehead atoms. The Balaban J connectivity index is 1.55. The zero-order valence-corrected chi connectivity index (χ0v) is 17.5. The van der Waals surface area contributed by atoms with Gasteiger partial charge in [-0.2, -0.15) is 0 Å². The molecule has 2 aliphatic heterocycles. The highest BCUT2D eigenvalue weighted by Crippen LogP contribution is 2.34. The predicted molar refractivity (Wildman–Crippen MR) is 111 cm³/mol. The van der Waals surface area contributed by atoms with Gasteiger partial charge < -0.3 is 20.1 Å². The van der Waals surface area contributed by atoms with E-state index in [4.69, 9.17) is 16.3 Å². The summed E-state index contributed by atoms with van der Waals surface area (Å²) in [5.74, 6) is 1.48. The number of hydrogen-bond acceptors (Lipinski definition) is 5. The van der Waals surface area contributed by atoms with Crippen molar-refractivity contribution in [3.63, 3.8) is 0 Å². The lowest BCUT2D eigenvalue weighted by Gasteiger charge is -2.26. The molecule has 3 rings (SSSR count). The number of ether oxygens (including phenoxy) is 1. The van der Waals surface area contributed by atoms with Gasteiger partial charge in [-0.1, -0.05) is 18.2 Å². The van der Waals surface area contributed by atoms with E-state index in [0.29, 0.717) is 29.2 Å². The third kappa shape index (κ3) is 4.11. The number of nitrogens with one attached hydrogen (secondary N) is 1. The van der Waals surface area contributed by atoms with Gasteiger partial charge in [0.2, 0.25) is 5.91 Å². The second-order valence-electron chi connectivity index (χ2n) is 6.75. The van der Waals surface area contributed by atoms with Gasteiger partial charge in [-0.25, -0.2) is 0 Å². The van der Waals surface area contributed by atoms with Crippen LogP contribution in [0.25, 0.3) is 0 Å². The second kappa shape index (κ2) is 8.33. The topological polar surface area (TPSA) is 65.0 Å². The maximum atomic E-state index is 11.7. The summed E-state index contributed by atoms with van der Waals surface area (Å²) in [5.41, 5.74) is 0.808. The van der Waals surface area contributed by atoms with Crippen molar-refractivity contribution in [2.24, 2.45) is 11.8 Å². The molecule has 6 nitrogen and oxygen atoms in total. The van der Waals surface area contributed by atoms with Gasteiger partial charge in [-0.15, -0.1) is 0 Å². The van der Waals surface area contributed by atoms with E-state index in [1.54, 1.807) is 13.2 Å². The van der Waals surface area contributed by atoms with Gasteiger partial charge in [0.25, 0.3) is 0 Å². The first-order chi connectivity index (χ1) is 12.4. The molecular formula is C18H23ClIN3O3. The molecule has 2 heterocycles. The summed E-state index contributed by atoms with van der Waals surface area (Å²) in [6.07, 6.45) is 0.778. The predicted octanol–water partition coefficient (Wildman–Crippen LogP) is 2.26. The lowest BCUT2D eigenvalue weighted by Crippen LogP contribution is -2.41. The van der Waals surface area contributed by atoms with Gasteiger partial charge in [0, 0.05) is 35.8 Å². The van der Waals surface area contributed by atoms with Crippen molar-refractivity contribution in [2.45, 2.75) is 6.23 Å². The summed E-state index contributed by atoms with van der Waals surface area (Å²) in [6.45, 7) is 7.03. The number of benzene rings is 1. The number of aliphatic hydroxyl groups excluding tert-OH is 1. The Labute approximate surface area is 172 Å². The molecule has 0 spiro atoms. The Morgan fingerprint density at radius 1 is 1.46 bits per heavy atom. The van der Waals surface area contributed by atoms with Crippen LogP contribution in [-0.2, 0) is 4.79 Å². The number of fused-ring (bicyclic) bond motifs is 1. The molecule has 0 aromatic heterocycles.